The number of phenolic OH excluding ortho intramolecular Hbond substituents is 1. The fraction of sp³-hybridized carbons (Fsp3) is 0.125. The fourth-order valence-electron chi connectivity index (χ4n) is 1.80. The SMILES string of the molecule is COc1cccc(C(=O)N/N=C(/C)c2ccccc2O)c1. The van der Waals surface area contributed by atoms with Gasteiger partial charge in [0.05, 0.1) is 12.8 Å². The van der Waals surface area contributed by atoms with Crippen molar-refractivity contribution in [2.24, 2.45) is 5.10 Å². The van der Waals surface area contributed by atoms with E-state index in [4.69, 9.17) is 4.74 Å². The number of carbonyl (C=O) groups excluding carboxylic acids is 1. The molecule has 0 fully saturated rings. The average Bonchev–Trinajstić information content (AvgIpc) is 2.52. The molecule has 5 heteroatoms. The maximum Gasteiger partial charge on any atom is 0.271 e. The van der Waals surface area contributed by atoms with Gasteiger partial charge in [-0.3, -0.25) is 4.79 Å². The highest BCUT2D eigenvalue weighted by Gasteiger charge is 2.07. The van der Waals surface area contributed by atoms with Gasteiger partial charge >= 0.3 is 0 Å². The molecule has 2 rings (SSSR count). The zero-order valence-corrected chi connectivity index (χ0v) is 11.8. The summed E-state index contributed by atoms with van der Waals surface area (Å²) in [5, 5.41) is 13.7. The van der Waals surface area contributed by atoms with E-state index in [0.717, 1.165) is 0 Å². The van der Waals surface area contributed by atoms with Crippen LogP contribution in [0.25, 0.3) is 0 Å². The van der Waals surface area contributed by atoms with Crippen LogP contribution in [0.1, 0.15) is 22.8 Å². The first-order chi connectivity index (χ1) is 10.1. The molecule has 0 aliphatic carbocycles. The highest BCUT2D eigenvalue weighted by atomic mass is 16.5. The molecule has 0 aliphatic heterocycles. The standard InChI is InChI=1S/C16H16N2O3/c1-11(14-8-3-4-9-15(14)19)17-18-16(20)12-6-5-7-13(10-12)21-2/h3-10,19H,1-2H3,(H,18,20)/b17-11-. The van der Waals surface area contributed by atoms with E-state index >= 15 is 0 Å². The van der Waals surface area contributed by atoms with E-state index in [0.29, 0.717) is 22.6 Å². The molecular weight excluding hydrogens is 268 g/mol. The number of nitrogens with one attached hydrogen (secondary N) is 1. The molecule has 0 bridgehead atoms. The summed E-state index contributed by atoms with van der Waals surface area (Å²) < 4.78 is 5.07. The third-order valence-electron chi connectivity index (χ3n) is 2.95. The summed E-state index contributed by atoms with van der Waals surface area (Å²) in [6.45, 7) is 1.71. The first kappa shape index (κ1) is 14.6. The molecule has 0 saturated heterocycles. The van der Waals surface area contributed by atoms with E-state index in [1.54, 1.807) is 55.5 Å². The number of rotatable bonds is 4. The van der Waals surface area contributed by atoms with Crippen LogP contribution in [0.5, 0.6) is 11.5 Å². The number of para-hydroxylation sites is 1. The summed E-state index contributed by atoms with van der Waals surface area (Å²) in [5.41, 5.74) is 4.00. The summed E-state index contributed by atoms with van der Waals surface area (Å²) in [4.78, 5) is 12.0. The second-order valence-corrected chi connectivity index (χ2v) is 4.39. The van der Waals surface area contributed by atoms with E-state index in [9.17, 15) is 9.90 Å². The van der Waals surface area contributed by atoms with Gasteiger partial charge in [-0.25, -0.2) is 5.43 Å². The van der Waals surface area contributed by atoms with Crippen molar-refractivity contribution >= 4 is 11.6 Å². The van der Waals surface area contributed by atoms with E-state index in [1.807, 2.05) is 0 Å². The number of benzene rings is 2. The third kappa shape index (κ3) is 3.60. The van der Waals surface area contributed by atoms with Gasteiger partial charge in [0.25, 0.3) is 5.91 Å². The van der Waals surface area contributed by atoms with Crippen molar-refractivity contribution in [1.29, 1.82) is 0 Å². The molecule has 5 nitrogen and oxygen atoms in total. The Balaban J connectivity index is 2.13. The van der Waals surface area contributed by atoms with Crippen molar-refractivity contribution in [2.75, 3.05) is 7.11 Å². The van der Waals surface area contributed by atoms with Crippen LogP contribution in [-0.4, -0.2) is 23.8 Å². The van der Waals surface area contributed by atoms with Crippen molar-refractivity contribution < 1.29 is 14.6 Å². The number of hydrogen-bond acceptors (Lipinski definition) is 4. The number of nitrogens with zero attached hydrogens (tertiary/aromatic N) is 1. The summed E-state index contributed by atoms with van der Waals surface area (Å²) in [7, 11) is 1.54. The number of methoxy groups -OCH3 is 1. The zero-order valence-electron chi connectivity index (χ0n) is 11.8. The molecule has 21 heavy (non-hydrogen) atoms. The minimum atomic E-state index is -0.344. The van der Waals surface area contributed by atoms with Crippen molar-refractivity contribution in [3.8, 4) is 11.5 Å². The Labute approximate surface area is 122 Å². The number of hydrazone groups is 1. The van der Waals surface area contributed by atoms with Gasteiger partial charge in [-0.05, 0) is 37.3 Å². The maximum absolute atomic E-state index is 12.0. The Hall–Kier alpha value is -2.82. The lowest BCUT2D eigenvalue weighted by atomic mass is 10.1. The van der Waals surface area contributed by atoms with Crippen LogP contribution in [0.4, 0.5) is 0 Å². The highest BCUT2D eigenvalue weighted by molar-refractivity contribution is 6.02. The molecule has 0 heterocycles. The number of amides is 1. The fourth-order valence-corrected chi connectivity index (χ4v) is 1.80. The predicted molar refractivity (Wildman–Crippen MR) is 80.8 cm³/mol. The van der Waals surface area contributed by atoms with Crippen molar-refractivity contribution in [2.45, 2.75) is 6.92 Å². The Morgan fingerprint density at radius 2 is 1.95 bits per heavy atom. The molecule has 0 radical (unpaired) electrons. The van der Waals surface area contributed by atoms with Crippen LogP contribution in [0, 0.1) is 0 Å². The summed E-state index contributed by atoms with van der Waals surface area (Å²) >= 11 is 0. The minimum absolute atomic E-state index is 0.120. The first-order valence-electron chi connectivity index (χ1n) is 6.39. The second kappa shape index (κ2) is 6.56. The van der Waals surface area contributed by atoms with Crippen molar-refractivity contribution in [3.63, 3.8) is 0 Å². The average molecular weight is 284 g/mol. The molecule has 0 aromatic heterocycles. The molecule has 108 valence electrons. The monoisotopic (exact) mass is 284 g/mol. The summed E-state index contributed by atoms with van der Waals surface area (Å²) in [5.74, 6) is 0.377. The van der Waals surface area contributed by atoms with Crippen molar-refractivity contribution in [3.05, 3.63) is 59.7 Å². The molecular formula is C16H16N2O3. The lowest BCUT2D eigenvalue weighted by Crippen LogP contribution is -2.19. The minimum Gasteiger partial charge on any atom is -0.507 e. The molecule has 2 N–H and O–H groups in total. The van der Waals surface area contributed by atoms with Crippen LogP contribution in [0.3, 0.4) is 0 Å². The lowest BCUT2D eigenvalue weighted by molar-refractivity contribution is 0.0954. The van der Waals surface area contributed by atoms with Gasteiger partial charge in [0.15, 0.2) is 0 Å². The van der Waals surface area contributed by atoms with Crippen LogP contribution in [-0.2, 0) is 0 Å². The molecule has 0 aliphatic rings. The summed E-state index contributed by atoms with van der Waals surface area (Å²) in [6, 6.07) is 13.6. The predicted octanol–water partition coefficient (Wildman–Crippen LogP) is 2.55. The maximum atomic E-state index is 12.0. The van der Waals surface area contributed by atoms with Gasteiger partial charge in [-0.15, -0.1) is 0 Å². The van der Waals surface area contributed by atoms with Crippen molar-refractivity contribution in [1.82, 2.24) is 5.43 Å². The smallest absolute Gasteiger partial charge is 0.271 e. The normalized spacial score (nSPS) is 11.0. The van der Waals surface area contributed by atoms with Gasteiger partial charge < -0.3 is 9.84 Å². The van der Waals surface area contributed by atoms with Crippen LogP contribution in [0.15, 0.2) is 53.6 Å². The first-order valence-corrected chi connectivity index (χ1v) is 6.39. The van der Waals surface area contributed by atoms with E-state index in [-0.39, 0.29) is 11.7 Å². The largest absolute Gasteiger partial charge is 0.507 e. The Morgan fingerprint density at radius 1 is 1.19 bits per heavy atom. The number of aromatic hydroxyl groups is 1. The molecule has 1 amide bonds. The Morgan fingerprint density at radius 3 is 2.67 bits per heavy atom. The van der Waals surface area contributed by atoms with E-state index in [1.165, 1.54) is 7.11 Å². The van der Waals surface area contributed by atoms with E-state index in [2.05, 4.69) is 10.5 Å². The van der Waals surface area contributed by atoms with Crippen LogP contribution >= 0.6 is 0 Å². The van der Waals surface area contributed by atoms with Crippen LogP contribution < -0.4 is 10.2 Å². The van der Waals surface area contributed by atoms with Gasteiger partial charge in [0.1, 0.15) is 11.5 Å². The highest BCUT2D eigenvalue weighted by Crippen LogP contribution is 2.16. The van der Waals surface area contributed by atoms with Crippen LogP contribution in [0.2, 0.25) is 0 Å². The van der Waals surface area contributed by atoms with E-state index < -0.39 is 0 Å². The van der Waals surface area contributed by atoms with Gasteiger partial charge in [-0.1, -0.05) is 18.2 Å². The van der Waals surface area contributed by atoms with Gasteiger partial charge in [-0.2, -0.15) is 5.10 Å². The number of carbonyl (C=O) groups is 1. The molecule has 0 atom stereocenters. The zero-order chi connectivity index (χ0) is 15.2. The molecule has 0 spiro atoms. The second-order valence-electron chi connectivity index (χ2n) is 4.39. The molecule has 2 aromatic rings. The molecule has 0 unspecified atom stereocenters. The molecule has 2 aromatic carbocycles. The molecule has 0 saturated carbocycles. The Bertz CT molecular complexity index is 681. The lowest BCUT2D eigenvalue weighted by Gasteiger charge is -2.05. The number of phenols is 1. The topological polar surface area (TPSA) is 70.9 Å². The quantitative estimate of drug-likeness (QED) is 0.669. The number of ether oxygens (including phenoxy) is 1. The van der Waals surface area contributed by atoms with Gasteiger partial charge in [0.2, 0.25) is 0 Å². The third-order valence-corrected chi connectivity index (χ3v) is 2.95. The van der Waals surface area contributed by atoms with Gasteiger partial charge in [0, 0.05) is 11.1 Å². The number of hydrogen-bond donors (Lipinski definition) is 2. The summed E-state index contributed by atoms with van der Waals surface area (Å²) in [6.07, 6.45) is 0. The Kier molecular flexibility index (Phi) is 4.56.